The van der Waals surface area contributed by atoms with E-state index in [0.717, 1.165) is 15.6 Å². The number of amides is 1. The SMILES string of the molecule is CCOC(=O)OC1=C(c2c(C)cc(C)cc2Br)C(=O)[NH+](OCOC)C12CCN(OC)CC2. The zero-order valence-electron chi connectivity index (χ0n) is 19.1. The highest BCUT2D eigenvalue weighted by atomic mass is 79.9. The van der Waals surface area contributed by atoms with Crippen LogP contribution in [0.5, 0.6) is 0 Å². The maximum atomic E-state index is 13.8. The number of benzene rings is 1. The van der Waals surface area contributed by atoms with Crippen molar-refractivity contribution in [3.8, 4) is 0 Å². The van der Waals surface area contributed by atoms with E-state index in [2.05, 4.69) is 15.9 Å². The van der Waals surface area contributed by atoms with Crippen LogP contribution in [0.25, 0.3) is 5.57 Å². The zero-order chi connectivity index (χ0) is 23.5. The summed E-state index contributed by atoms with van der Waals surface area (Å²) < 4.78 is 16.7. The van der Waals surface area contributed by atoms with Gasteiger partial charge in [-0.25, -0.2) is 9.59 Å². The summed E-state index contributed by atoms with van der Waals surface area (Å²) in [5.74, 6) is -0.0599. The minimum atomic E-state index is -0.927. The van der Waals surface area contributed by atoms with Crippen molar-refractivity contribution in [2.45, 2.75) is 39.2 Å². The average molecular weight is 514 g/mol. The smallest absolute Gasteiger partial charge is 0.434 e. The first kappa shape index (κ1) is 24.8. The van der Waals surface area contributed by atoms with E-state index in [1.165, 1.54) is 7.11 Å². The summed E-state index contributed by atoms with van der Waals surface area (Å²) in [7, 11) is 3.10. The van der Waals surface area contributed by atoms with E-state index in [4.69, 9.17) is 23.9 Å². The lowest BCUT2D eigenvalue weighted by Crippen LogP contribution is -3.20. The topological polar surface area (TPSA) is 88.0 Å². The van der Waals surface area contributed by atoms with Crippen LogP contribution in [0.2, 0.25) is 0 Å². The summed E-state index contributed by atoms with van der Waals surface area (Å²) in [5.41, 5.74) is 1.97. The Balaban J connectivity index is 2.21. The van der Waals surface area contributed by atoms with Gasteiger partial charge in [0.15, 0.2) is 11.3 Å². The number of aryl methyl sites for hydroxylation is 2. The molecule has 1 aromatic rings. The normalized spacial score (nSPS) is 20.8. The molecule has 0 saturated carbocycles. The van der Waals surface area contributed by atoms with E-state index in [0.29, 0.717) is 37.1 Å². The van der Waals surface area contributed by atoms with E-state index < -0.39 is 11.7 Å². The molecule has 2 aliphatic heterocycles. The van der Waals surface area contributed by atoms with Crippen molar-refractivity contribution in [3.05, 3.63) is 39.1 Å². The van der Waals surface area contributed by atoms with E-state index in [9.17, 15) is 9.59 Å². The number of hydrogen-bond donors (Lipinski definition) is 1. The van der Waals surface area contributed by atoms with E-state index in [1.54, 1.807) is 19.1 Å². The third kappa shape index (κ3) is 4.61. The molecule has 1 spiro atoms. The van der Waals surface area contributed by atoms with Gasteiger partial charge in [-0.1, -0.05) is 22.0 Å². The monoisotopic (exact) mass is 513 g/mol. The molecule has 0 aromatic heterocycles. The Morgan fingerprint density at radius 3 is 2.47 bits per heavy atom. The van der Waals surface area contributed by atoms with Crippen molar-refractivity contribution in [1.29, 1.82) is 0 Å². The van der Waals surface area contributed by atoms with E-state index in [1.807, 2.05) is 26.0 Å². The van der Waals surface area contributed by atoms with Crippen LogP contribution in [0.3, 0.4) is 0 Å². The molecule has 1 fully saturated rings. The van der Waals surface area contributed by atoms with Gasteiger partial charge in [0.05, 0.1) is 13.7 Å². The molecule has 1 unspecified atom stereocenters. The zero-order valence-corrected chi connectivity index (χ0v) is 20.7. The molecule has 1 N–H and O–H groups in total. The fourth-order valence-electron chi connectivity index (χ4n) is 4.44. The maximum absolute atomic E-state index is 13.8. The molecule has 1 saturated heterocycles. The summed E-state index contributed by atoms with van der Waals surface area (Å²) in [4.78, 5) is 37.5. The van der Waals surface area contributed by atoms with Crippen molar-refractivity contribution < 1.29 is 38.5 Å². The second-order valence-electron chi connectivity index (χ2n) is 7.83. The average Bonchev–Trinajstić information content (AvgIpc) is 2.94. The quantitative estimate of drug-likeness (QED) is 0.438. The summed E-state index contributed by atoms with van der Waals surface area (Å²) in [6.45, 7) is 6.71. The van der Waals surface area contributed by atoms with E-state index in [-0.39, 0.29) is 30.1 Å². The van der Waals surface area contributed by atoms with Crippen LogP contribution in [-0.2, 0) is 28.7 Å². The first-order chi connectivity index (χ1) is 15.3. The van der Waals surface area contributed by atoms with Crippen molar-refractivity contribution in [1.82, 2.24) is 5.06 Å². The summed E-state index contributed by atoms with van der Waals surface area (Å²) >= 11 is 3.60. The fourth-order valence-corrected chi connectivity index (χ4v) is 5.31. The van der Waals surface area contributed by atoms with Gasteiger partial charge in [0.1, 0.15) is 5.57 Å². The molecule has 0 bridgehead atoms. The van der Waals surface area contributed by atoms with Crippen molar-refractivity contribution in [2.75, 3.05) is 40.7 Å². The van der Waals surface area contributed by atoms with Gasteiger partial charge < -0.3 is 19.0 Å². The van der Waals surface area contributed by atoms with Crippen LogP contribution in [0.15, 0.2) is 22.4 Å². The number of ether oxygens (including phenoxy) is 3. The Morgan fingerprint density at radius 2 is 1.91 bits per heavy atom. The van der Waals surface area contributed by atoms with Gasteiger partial charge in [-0.3, -0.25) is 0 Å². The number of halogens is 1. The molecule has 1 aromatic carbocycles. The van der Waals surface area contributed by atoms with Gasteiger partial charge in [0.25, 0.3) is 0 Å². The van der Waals surface area contributed by atoms with Crippen LogP contribution in [0.4, 0.5) is 4.79 Å². The number of hydrogen-bond acceptors (Lipinski definition) is 8. The third-order valence-electron chi connectivity index (χ3n) is 5.81. The molecule has 32 heavy (non-hydrogen) atoms. The molecule has 2 heterocycles. The fraction of sp³-hybridized carbons (Fsp3) is 0.545. The van der Waals surface area contributed by atoms with Crippen LogP contribution in [0.1, 0.15) is 36.5 Å². The van der Waals surface area contributed by atoms with Crippen LogP contribution in [-0.4, -0.2) is 63.4 Å². The second kappa shape index (κ2) is 10.4. The Bertz CT molecular complexity index is 887. The third-order valence-corrected chi connectivity index (χ3v) is 6.44. The summed E-state index contributed by atoms with van der Waals surface area (Å²) in [5, 5.41) is 2.02. The molecule has 1 amide bonds. The van der Waals surface area contributed by atoms with Crippen molar-refractivity contribution in [3.63, 3.8) is 0 Å². The van der Waals surface area contributed by atoms with Gasteiger partial charge in [-0.15, -0.1) is 5.06 Å². The highest BCUT2D eigenvalue weighted by Crippen LogP contribution is 2.41. The number of rotatable bonds is 7. The number of carbonyl (C=O) groups is 2. The molecule has 9 nitrogen and oxygen atoms in total. The van der Waals surface area contributed by atoms with Crippen molar-refractivity contribution >= 4 is 33.6 Å². The predicted octanol–water partition coefficient (Wildman–Crippen LogP) is 2.31. The molecule has 10 heteroatoms. The van der Waals surface area contributed by atoms with Crippen LogP contribution < -0.4 is 5.06 Å². The first-order valence-electron chi connectivity index (χ1n) is 10.5. The van der Waals surface area contributed by atoms with Crippen LogP contribution >= 0.6 is 15.9 Å². The minimum absolute atomic E-state index is 0.0924. The number of nitrogens with one attached hydrogen (secondary N) is 1. The Hall–Kier alpha value is -1.82. The number of nitrogens with zero attached hydrogens (tertiary/aromatic N) is 1. The molecule has 0 radical (unpaired) electrons. The number of methoxy groups -OCH3 is 1. The Labute approximate surface area is 196 Å². The lowest BCUT2D eigenvalue weighted by Gasteiger charge is -2.38. The minimum Gasteiger partial charge on any atom is -0.434 e. The number of hydroxylamine groups is 4. The molecule has 1 atom stereocenters. The second-order valence-corrected chi connectivity index (χ2v) is 8.68. The van der Waals surface area contributed by atoms with Gasteiger partial charge in [-0.2, -0.15) is 9.90 Å². The largest absolute Gasteiger partial charge is 0.513 e. The molecule has 3 rings (SSSR count). The highest BCUT2D eigenvalue weighted by molar-refractivity contribution is 9.10. The van der Waals surface area contributed by atoms with Gasteiger partial charge in [-0.05, 0) is 38.0 Å². The number of carbonyl (C=O) groups excluding carboxylic acids is 2. The lowest BCUT2D eigenvalue weighted by atomic mass is 9.85. The van der Waals surface area contributed by atoms with Crippen molar-refractivity contribution in [2.24, 2.45) is 0 Å². The highest BCUT2D eigenvalue weighted by Gasteiger charge is 2.62. The number of piperidine rings is 1. The van der Waals surface area contributed by atoms with Crippen LogP contribution in [0, 0.1) is 13.8 Å². The number of quaternary nitrogens is 1. The predicted molar refractivity (Wildman–Crippen MR) is 118 cm³/mol. The lowest BCUT2D eigenvalue weighted by molar-refractivity contribution is -1.06. The van der Waals surface area contributed by atoms with Gasteiger partial charge in [0.2, 0.25) is 6.79 Å². The summed E-state index contributed by atoms with van der Waals surface area (Å²) in [6.07, 6.45) is 0.0777. The molecular weight excluding hydrogens is 484 g/mol. The molecule has 176 valence electrons. The standard InChI is InChI=1S/C22H29BrN2O7/c1-6-30-21(27)32-19-18(17-15(3)11-14(2)12-16(17)23)20(26)25(31-13-28-4)22(19)7-9-24(29-5)10-8-22/h11-12H,6-10,13H2,1-5H3/p+1. The Morgan fingerprint density at radius 1 is 1.22 bits per heavy atom. The molecular formula is C22H30BrN2O7+. The first-order valence-corrected chi connectivity index (χ1v) is 11.3. The summed E-state index contributed by atoms with van der Waals surface area (Å²) in [6, 6.07) is 3.91. The van der Waals surface area contributed by atoms with Gasteiger partial charge >= 0.3 is 12.1 Å². The maximum Gasteiger partial charge on any atom is 0.513 e. The molecule has 2 aliphatic rings. The van der Waals surface area contributed by atoms with Gasteiger partial charge in [0, 0.05) is 43.1 Å². The van der Waals surface area contributed by atoms with E-state index >= 15 is 0 Å². The molecule has 0 aliphatic carbocycles. The Kier molecular flexibility index (Phi) is 8.07.